The summed E-state index contributed by atoms with van der Waals surface area (Å²) in [4.78, 5) is 0. The topological polar surface area (TPSA) is 18.5 Å². The Balaban J connectivity index is 2.06. The molecule has 0 aliphatic rings. The Kier molecular flexibility index (Phi) is 5.80. The first-order valence-corrected chi connectivity index (χ1v) is 7.36. The lowest BCUT2D eigenvalue weighted by Crippen LogP contribution is -1.94. The van der Waals surface area contributed by atoms with Gasteiger partial charge in [-0.25, -0.2) is 0 Å². The Morgan fingerprint density at radius 2 is 1.86 bits per heavy atom. The fourth-order valence-electron chi connectivity index (χ4n) is 1.67. The van der Waals surface area contributed by atoms with Crippen molar-refractivity contribution in [3.05, 3.63) is 63.6 Å². The Hall–Kier alpha value is -1.35. The van der Waals surface area contributed by atoms with E-state index in [1.807, 2.05) is 31.2 Å². The van der Waals surface area contributed by atoms with Gasteiger partial charge in [-0.05, 0) is 42.8 Å². The van der Waals surface area contributed by atoms with E-state index in [4.69, 9.17) is 44.3 Å². The van der Waals surface area contributed by atoms with Gasteiger partial charge in [0.1, 0.15) is 28.3 Å². The average Bonchev–Trinajstić information content (AvgIpc) is 2.41. The van der Waals surface area contributed by atoms with Crippen molar-refractivity contribution in [3.8, 4) is 17.2 Å². The van der Waals surface area contributed by atoms with Gasteiger partial charge in [0.05, 0.1) is 5.02 Å². The van der Waals surface area contributed by atoms with Crippen LogP contribution in [-0.2, 0) is 0 Å². The minimum absolute atomic E-state index is 0.158. The van der Waals surface area contributed by atoms with Crippen LogP contribution in [0.4, 0.5) is 0 Å². The molecule has 0 fully saturated rings. The number of hydrogen-bond donors (Lipinski definition) is 0. The highest BCUT2D eigenvalue weighted by molar-refractivity contribution is 6.55. The second kappa shape index (κ2) is 7.60. The van der Waals surface area contributed by atoms with E-state index in [0.717, 1.165) is 11.3 Å². The van der Waals surface area contributed by atoms with Crippen molar-refractivity contribution in [2.45, 2.75) is 6.92 Å². The molecule has 0 bridgehead atoms. The summed E-state index contributed by atoms with van der Waals surface area (Å²) in [6, 6.07) is 13.0. The number of ether oxygens (including phenoxy) is 2. The molecule has 2 aromatic carbocycles. The Morgan fingerprint density at radius 1 is 1.10 bits per heavy atom. The molecule has 110 valence electrons. The third-order valence-corrected chi connectivity index (χ3v) is 3.21. The van der Waals surface area contributed by atoms with E-state index in [-0.39, 0.29) is 11.1 Å². The quantitative estimate of drug-likeness (QED) is 0.649. The van der Waals surface area contributed by atoms with Crippen molar-refractivity contribution < 1.29 is 9.47 Å². The van der Waals surface area contributed by atoms with Gasteiger partial charge in [0.25, 0.3) is 0 Å². The van der Waals surface area contributed by atoms with Crippen LogP contribution in [0, 0.1) is 6.92 Å². The number of rotatable bonds is 5. The van der Waals surface area contributed by atoms with Crippen molar-refractivity contribution in [2.24, 2.45) is 0 Å². The molecule has 0 saturated heterocycles. The summed E-state index contributed by atoms with van der Waals surface area (Å²) in [5.41, 5.74) is 1.13. The van der Waals surface area contributed by atoms with Crippen LogP contribution in [-0.4, -0.2) is 6.61 Å². The van der Waals surface area contributed by atoms with Gasteiger partial charge in [0.15, 0.2) is 0 Å². The lowest BCUT2D eigenvalue weighted by Gasteiger charge is -2.10. The van der Waals surface area contributed by atoms with Gasteiger partial charge >= 0.3 is 0 Å². The summed E-state index contributed by atoms with van der Waals surface area (Å²) in [5, 5.41) is 0.458. The molecule has 0 spiro atoms. The Labute approximate surface area is 138 Å². The number of halogens is 3. The number of hydrogen-bond acceptors (Lipinski definition) is 2. The van der Waals surface area contributed by atoms with Crippen LogP contribution in [0.15, 0.2) is 53.0 Å². The van der Waals surface area contributed by atoms with E-state index in [2.05, 4.69) is 0 Å². The van der Waals surface area contributed by atoms with Gasteiger partial charge in [-0.3, -0.25) is 0 Å². The molecule has 0 radical (unpaired) electrons. The molecule has 0 aromatic heterocycles. The molecular weight excluding hydrogens is 331 g/mol. The van der Waals surface area contributed by atoms with Crippen molar-refractivity contribution in [1.82, 2.24) is 0 Å². The van der Waals surface area contributed by atoms with E-state index < -0.39 is 0 Å². The van der Waals surface area contributed by atoms with E-state index in [1.54, 1.807) is 18.2 Å². The smallest absolute Gasteiger partial charge is 0.138 e. The third-order valence-electron chi connectivity index (χ3n) is 2.61. The second-order valence-corrected chi connectivity index (χ2v) is 5.73. The molecule has 0 amide bonds. The van der Waals surface area contributed by atoms with Crippen molar-refractivity contribution in [1.29, 1.82) is 0 Å². The van der Waals surface area contributed by atoms with Crippen LogP contribution in [0.25, 0.3) is 0 Å². The van der Waals surface area contributed by atoms with E-state index in [9.17, 15) is 0 Å². The van der Waals surface area contributed by atoms with Crippen LogP contribution in [0.3, 0.4) is 0 Å². The predicted molar refractivity (Wildman–Crippen MR) is 88.0 cm³/mol. The summed E-state index contributed by atoms with van der Waals surface area (Å²) in [6.45, 7) is 2.26. The molecule has 2 nitrogen and oxygen atoms in total. The summed E-state index contributed by atoms with van der Waals surface area (Å²) < 4.78 is 11.3. The van der Waals surface area contributed by atoms with E-state index >= 15 is 0 Å². The van der Waals surface area contributed by atoms with Gasteiger partial charge < -0.3 is 9.47 Å². The molecule has 5 heteroatoms. The van der Waals surface area contributed by atoms with Crippen molar-refractivity contribution >= 4 is 34.8 Å². The van der Waals surface area contributed by atoms with E-state index in [0.29, 0.717) is 16.5 Å². The summed E-state index contributed by atoms with van der Waals surface area (Å²) in [5.74, 6) is 1.94. The third kappa shape index (κ3) is 5.16. The monoisotopic (exact) mass is 342 g/mol. The summed E-state index contributed by atoms with van der Waals surface area (Å²) in [7, 11) is 0. The summed E-state index contributed by atoms with van der Waals surface area (Å²) >= 11 is 17.2. The van der Waals surface area contributed by atoms with Crippen LogP contribution in [0.2, 0.25) is 5.02 Å². The molecule has 0 aliphatic heterocycles. The van der Waals surface area contributed by atoms with Gasteiger partial charge in [-0.1, -0.05) is 46.9 Å². The van der Waals surface area contributed by atoms with Crippen LogP contribution < -0.4 is 9.47 Å². The zero-order chi connectivity index (χ0) is 15.2. The standard InChI is InChI=1S/C16H13Cl3O2/c1-11-3-2-4-12(9-11)21-13-5-6-15(14(17)10-13)20-8-7-16(18)19/h2-7,9-10H,8H2,1H3. The van der Waals surface area contributed by atoms with Gasteiger partial charge in [-0.15, -0.1) is 0 Å². The molecule has 21 heavy (non-hydrogen) atoms. The minimum Gasteiger partial charge on any atom is -0.488 e. The lowest BCUT2D eigenvalue weighted by atomic mass is 10.2. The van der Waals surface area contributed by atoms with Crippen LogP contribution in [0.1, 0.15) is 5.56 Å². The van der Waals surface area contributed by atoms with Gasteiger partial charge in [0.2, 0.25) is 0 Å². The molecule has 0 atom stereocenters. The average molecular weight is 344 g/mol. The van der Waals surface area contributed by atoms with Crippen LogP contribution in [0.5, 0.6) is 17.2 Å². The molecule has 0 saturated carbocycles. The highest BCUT2D eigenvalue weighted by atomic mass is 35.5. The van der Waals surface area contributed by atoms with Crippen molar-refractivity contribution in [2.75, 3.05) is 6.61 Å². The molecule has 2 rings (SSSR count). The zero-order valence-electron chi connectivity index (χ0n) is 11.3. The fourth-order valence-corrected chi connectivity index (χ4v) is 2.02. The first-order valence-electron chi connectivity index (χ1n) is 6.22. The molecule has 0 heterocycles. The van der Waals surface area contributed by atoms with Gasteiger partial charge in [-0.2, -0.15) is 0 Å². The molecule has 0 unspecified atom stereocenters. The first kappa shape index (κ1) is 16.0. The second-order valence-electron chi connectivity index (χ2n) is 4.32. The fraction of sp³-hybridized carbons (Fsp3) is 0.125. The maximum absolute atomic E-state index is 6.15. The molecular formula is C16H13Cl3O2. The molecule has 2 aromatic rings. The molecule has 0 N–H and O–H groups in total. The maximum atomic E-state index is 6.15. The highest BCUT2D eigenvalue weighted by Crippen LogP contribution is 2.31. The molecule has 0 aliphatic carbocycles. The van der Waals surface area contributed by atoms with Crippen LogP contribution >= 0.6 is 34.8 Å². The summed E-state index contributed by atoms with van der Waals surface area (Å²) in [6.07, 6.45) is 1.54. The largest absolute Gasteiger partial charge is 0.488 e. The SMILES string of the molecule is Cc1cccc(Oc2ccc(OCC=C(Cl)Cl)c(Cl)c2)c1. The van der Waals surface area contributed by atoms with Gasteiger partial charge in [0, 0.05) is 6.07 Å². The zero-order valence-corrected chi connectivity index (χ0v) is 13.5. The Morgan fingerprint density at radius 3 is 2.52 bits per heavy atom. The first-order chi connectivity index (χ1) is 10.0. The maximum Gasteiger partial charge on any atom is 0.138 e. The predicted octanol–water partition coefficient (Wildman–Crippen LogP) is 6.14. The minimum atomic E-state index is 0.158. The normalized spacial score (nSPS) is 10.1. The highest BCUT2D eigenvalue weighted by Gasteiger charge is 2.05. The number of benzene rings is 2. The lowest BCUT2D eigenvalue weighted by molar-refractivity contribution is 0.362. The van der Waals surface area contributed by atoms with Crippen molar-refractivity contribution in [3.63, 3.8) is 0 Å². The number of aryl methyl sites for hydroxylation is 1. The Bertz CT molecular complexity index is 650. The van der Waals surface area contributed by atoms with E-state index in [1.165, 1.54) is 6.08 Å².